The summed E-state index contributed by atoms with van der Waals surface area (Å²) in [5.74, 6) is -3.24. The van der Waals surface area contributed by atoms with Gasteiger partial charge in [-0.1, -0.05) is 44.9 Å². The smallest absolute Gasteiger partial charge is 0.425 e. The summed E-state index contributed by atoms with van der Waals surface area (Å²) in [5, 5.41) is 0.842. The van der Waals surface area contributed by atoms with Gasteiger partial charge in [0.05, 0.1) is 0 Å². The first kappa shape index (κ1) is 27.5. The Morgan fingerprint density at radius 1 is 0.788 bits per heavy atom. The second kappa shape index (κ2) is 13.8. The van der Waals surface area contributed by atoms with Gasteiger partial charge in [-0.05, 0) is 25.3 Å². The number of imide groups is 2. The lowest BCUT2D eigenvalue weighted by atomic mass is 10.0. The maximum absolute atomic E-state index is 12.3. The number of rotatable bonds is 4. The van der Waals surface area contributed by atoms with Crippen LogP contribution in [0.2, 0.25) is 0 Å². The molecule has 182 valence electrons. The third kappa shape index (κ3) is 7.85. The summed E-state index contributed by atoms with van der Waals surface area (Å²) in [6, 6.07) is 0. The maximum Gasteiger partial charge on any atom is 0.534 e. The van der Waals surface area contributed by atoms with Gasteiger partial charge in [0.2, 0.25) is 0 Å². The van der Waals surface area contributed by atoms with Crippen LogP contribution >= 0.6 is 0 Å². The molecule has 33 heavy (non-hydrogen) atoms. The van der Waals surface area contributed by atoms with Crippen LogP contribution in [0.25, 0.3) is 0 Å². The monoisotopic (exact) mass is 466 g/mol. The fraction of sp³-hybridized carbons (Fsp3) is 0.545. The Labute approximate surface area is 192 Å². The molecule has 2 aliphatic heterocycles. The number of ether oxygens (including phenoxy) is 1. The lowest BCUT2D eigenvalue weighted by molar-refractivity contribution is -0.194. The van der Waals surface area contributed by atoms with Gasteiger partial charge < -0.3 is 9.57 Å². The van der Waals surface area contributed by atoms with Crippen molar-refractivity contribution in [2.75, 3.05) is 0 Å². The fourth-order valence-electron chi connectivity index (χ4n) is 2.90. The first-order chi connectivity index (χ1) is 15.8. The Morgan fingerprint density at radius 3 is 1.79 bits per heavy atom. The zero-order valence-corrected chi connectivity index (χ0v) is 19.3. The van der Waals surface area contributed by atoms with Crippen molar-refractivity contribution in [3.63, 3.8) is 0 Å². The molecule has 0 bridgehead atoms. The minimum atomic E-state index is -1.22. The van der Waals surface area contributed by atoms with Crippen molar-refractivity contribution in [3.8, 4) is 0 Å². The maximum atomic E-state index is 12.3. The molecule has 0 saturated carbocycles. The van der Waals surface area contributed by atoms with Crippen LogP contribution in [0.5, 0.6) is 0 Å². The van der Waals surface area contributed by atoms with Crippen molar-refractivity contribution >= 4 is 35.8 Å². The van der Waals surface area contributed by atoms with Crippen molar-refractivity contribution < 1.29 is 43.2 Å². The molecule has 0 aromatic carbocycles. The van der Waals surface area contributed by atoms with E-state index in [1.54, 1.807) is 18.2 Å². The second-order valence-corrected chi connectivity index (χ2v) is 6.47. The van der Waals surface area contributed by atoms with E-state index in [0.717, 1.165) is 0 Å². The average molecular weight is 466 g/mol. The molecular formula is C22H30N2O9. The largest absolute Gasteiger partial charge is 0.534 e. The van der Waals surface area contributed by atoms with Crippen molar-refractivity contribution in [1.82, 2.24) is 10.1 Å². The Morgan fingerprint density at radius 2 is 1.27 bits per heavy atom. The third-order valence-electron chi connectivity index (χ3n) is 4.41. The molecule has 0 radical (unpaired) electrons. The highest BCUT2D eigenvalue weighted by Crippen LogP contribution is 2.20. The summed E-state index contributed by atoms with van der Waals surface area (Å²) >= 11 is 0. The SMILES string of the molecule is CC.CC.O=C(O[C@@H]1/C=C/C/C=C(/C(=O)ON2C(=O)CCC2=O)CC1)ON1C(=O)CCC1=O. The molecule has 2 saturated heterocycles. The standard InChI is InChI=1S/C18H18N2O9.2C2H6/c21-13-7-8-14(22)19(13)28-17(25)11-3-1-2-4-12(6-5-11)27-18(26)29-20-15(23)9-10-16(20)24;2*1-2/h2-4,12H,1,5-10H2;2*1-2H3/b4-2+,11-3+;;/t12-;;/m1../s1. The predicted molar refractivity (Wildman–Crippen MR) is 113 cm³/mol. The number of hydroxylamine groups is 4. The van der Waals surface area contributed by atoms with Crippen LogP contribution in [-0.4, -0.2) is 52.0 Å². The lowest BCUT2D eigenvalue weighted by Crippen LogP contribution is -2.34. The molecule has 0 aromatic heterocycles. The summed E-state index contributed by atoms with van der Waals surface area (Å²) in [6.07, 6.45) is 3.37. The highest BCUT2D eigenvalue weighted by Gasteiger charge is 2.35. The van der Waals surface area contributed by atoms with Crippen LogP contribution in [0.1, 0.15) is 72.6 Å². The summed E-state index contributed by atoms with van der Waals surface area (Å²) in [5.41, 5.74) is 0.216. The number of nitrogens with zero attached hydrogens (tertiary/aromatic N) is 2. The molecule has 3 aliphatic rings. The van der Waals surface area contributed by atoms with E-state index in [9.17, 15) is 28.8 Å². The highest BCUT2D eigenvalue weighted by atomic mass is 16.8. The second-order valence-electron chi connectivity index (χ2n) is 6.47. The minimum absolute atomic E-state index is 0.00600. The van der Waals surface area contributed by atoms with E-state index in [1.165, 1.54) is 0 Å². The van der Waals surface area contributed by atoms with Gasteiger partial charge in [0.15, 0.2) is 0 Å². The molecule has 1 aliphatic carbocycles. The van der Waals surface area contributed by atoms with Crippen LogP contribution in [0.15, 0.2) is 23.8 Å². The summed E-state index contributed by atoms with van der Waals surface area (Å²) < 4.78 is 5.09. The van der Waals surface area contributed by atoms with Gasteiger partial charge in [0.1, 0.15) is 6.10 Å². The number of carbonyl (C=O) groups excluding carboxylic acids is 6. The number of carbonyl (C=O) groups is 6. The molecule has 4 amide bonds. The van der Waals surface area contributed by atoms with Gasteiger partial charge in [0, 0.05) is 31.3 Å². The van der Waals surface area contributed by atoms with Crippen molar-refractivity contribution in [2.45, 2.75) is 78.7 Å². The van der Waals surface area contributed by atoms with Gasteiger partial charge in [-0.25, -0.2) is 9.59 Å². The van der Waals surface area contributed by atoms with Crippen molar-refractivity contribution in [3.05, 3.63) is 23.8 Å². The molecule has 0 unspecified atom stereocenters. The Bertz CT molecular complexity index is 800. The zero-order valence-electron chi connectivity index (χ0n) is 19.3. The Hall–Kier alpha value is -3.50. The molecule has 3 rings (SSSR count). The van der Waals surface area contributed by atoms with Crippen molar-refractivity contribution in [1.29, 1.82) is 0 Å². The van der Waals surface area contributed by atoms with Crippen LogP contribution < -0.4 is 0 Å². The van der Waals surface area contributed by atoms with Crippen LogP contribution in [0.3, 0.4) is 0 Å². The zero-order chi connectivity index (χ0) is 25.0. The molecule has 2 fully saturated rings. The molecule has 0 spiro atoms. The van der Waals surface area contributed by atoms with Crippen LogP contribution in [-0.2, 0) is 38.4 Å². The topological polar surface area (TPSA) is 137 Å². The summed E-state index contributed by atoms with van der Waals surface area (Å²) in [6.45, 7) is 8.00. The van der Waals surface area contributed by atoms with E-state index in [0.29, 0.717) is 16.5 Å². The number of amides is 4. The lowest BCUT2D eigenvalue weighted by Gasteiger charge is -2.19. The van der Waals surface area contributed by atoms with E-state index in [1.807, 2.05) is 27.7 Å². The quantitative estimate of drug-likeness (QED) is 0.348. The molecule has 11 nitrogen and oxygen atoms in total. The Kier molecular flexibility index (Phi) is 11.5. The molecular weight excluding hydrogens is 436 g/mol. The molecule has 11 heteroatoms. The molecule has 1 atom stereocenters. The van der Waals surface area contributed by atoms with Gasteiger partial charge in [-0.3, -0.25) is 24.0 Å². The van der Waals surface area contributed by atoms with Gasteiger partial charge >= 0.3 is 12.1 Å². The third-order valence-corrected chi connectivity index (χ3v) is 4.41. The van der Waals surface area contributed by atoms with Crippen molar-refractivity contribution in [2.24, 2.45) is 0 Å². The fourth-order valence-corrected chi connectivity index (χ4v) is 2.90. The normalized spacial score (nSPS) is 22.5. The van der Waals surface area contributed by atoms with E-state index in [-0.39, 0.29) is 44.1 Å². The first-order valence-corrected chi connectivity index (χ1v) is 11.0. The highest BCUT2D eigenvalue weighted by molar-refractivity contribution is 6.03. The van der Waals surface area contributed by atoms with Crippen LogP contribution in [0.4, 0.5) is 4.79 Å². The molecule has 0 N–H and O–H groups in total. The van der Waals surface area contributed by atoms with E-state index in [4.69, 9.17) is 9.57 Å². The van der Waals surface area contributed by atoms with Gasteiger partial charge in [-0.15, -0.1) is 5.06 Å². The van der Waals surface area contributed by atoms with E-state index in [2.05, 4.69) is 4.84 Å². The first-order valence-electron chi connectivity index (χ1n) is 11.0. The summed E-state index contributed by atoms with van der Waals surface area (Å²) in [4.78, 5) is 79.7. The predicted octanol–water partition coefficient (Wildman–Crippen LogP) is 2.90. The molecule has 0 aromatic rings. The average Bonchev–Trinajstić information content (AvgIpc) is 3.28. The summed E-state index contributed by atoms with van der Waals surface area (Å²) in [7, 11) is 0. The Balaban J connectivity index is 0.00000129. The molecule has 2 heterocycles. The van der Waals surface area contributed by atoms with Gasteiger partial charge in [0.25, 0.3) is 23.6 Å². The number of hydrogen-bond donors (Lipinski definition) is 0. The van der Waals surface area contributed by atoms with Gasteiger partial charge in [-0.2, -0.15) is 0 Å². The van der Waals surface area contributed by atoms with E-state index >= 15 is 0 Å². The van der Waals surface area contributed by atoms with Crippen LogP contribution in [0, 0.1) is 0 Å². The minimum Gasteiger partial charge on any atom is -0.425 e. The number of allylic oxidation sites excluding steroid dienone is 2. The van der Waals surface area contributed by atoms with E-state index < -0.39 is 41.9 Å². The number of hydrogen-bond acceptors (Lipinski definition) is 9.